The monoisotopic (exact) mass is 240 g/mol. The molecule has 1 aromatic rings. The van der Waals surface area contributed by atoms with Gasteiger partial charge in [-0.3, -0.25) is 10.1 Å². The van der Waals surface area contributed by atoms with E-state index >= 15 is 0 Å². The van der Waals surface area contributed by atoms with Crippen LogP contribution in [0.5, 0.6) is 0 Å². The van der Waals surface area contributed by atoms with Crippen molar-refractivity contribution in [1.82, 2.24) is 9.78 Å². The number of anilines is 1. The fraction of sp³-hybridized carbons (Fsp3) is 0.727. The van der Waals surface area contributed by atoms with Gasteiger partial charge in [0.05, 0.1) is 4.92 Å². The Morgan fingerprint density at radius 2 is 2.06 bits per heavy atom. The Labute approximate surface area is 101 Å². The fourth-order valence-electron chi connectivity index (χ4n) is 1.63. The average molecular weight is 240 g/mol. The first-order valence-electron chi connectivity index (χ1n) is 5.80. The number of hydrogen-bond donors (Lipinski definition) is 1. The van der Waals surface area contributed by atoms with Crippen molar-refractivity contribution >= 4 is 11.5 Å². The second-order valence-corrected chi connectivity index (χ2v) is 5.17. The lowest BCUT2D eigenvalue weighted by molar-refractivity contribution is -0.385. The predicted molar refractivity (Wildman–Crippen MR) is 66.9 cm³/mol. The van der Waals surface area contributed by atoms with Crippen LogP contribution in [0.25, 0.3) is 0 Å². The number of nitrogens with two attached hydrogens (primary N) is 1. The SMILES string of the molecule is CCCCn1nc(C(C)(C)C)c([N+](=O)[O-])c1N. The van der Waals surface area contributed by atoms with E-state index < -0.39 is 4.92 Å². The summed E-state index contributed by atoms with van der Waals surface area (Å²) in [6, 6.07) is 0. The first-order valence-corrected chi connectivity index (χ1v) is 5.80. The van der Waals surface area contributed by atoms with E-state index in [1.165, 1.54) is 0 Å². The standard InChI is InChI=1S/C11H20N4O2/c1-5-6-7-14-10(12)8(15(16)17)9(13-14)11(2,3)4/h5-7,12H2,1-4H3. The van der Waals surface area contributed by atoms with Crippen molar-refractivity contribution in [3.8, 4) is 0 Å². The molecule has 1 aromatic heterocycles. The van der Waals surface area contributed by atoms with E-state index in [4.69, 9.17) is 5.73 Å². The summed E-state index contributed by atoms with van der Waals surface area (Å²) < 4.78 is 1.54. The van der Waals surface area contributed by atoms with Crippen LogP contribution in [0.1, 0.15) is 46.2 Å². The van der Waals surface area contributed by atoms with E-state index in [-0.39, 0.29) is 16.9 Å². The van der Waals surface area contributed by atoms with Crippen LogP contribution in [0.15, 0.2) is 0 Å². The van der Waals surface area contributed by atoms with Crippen LogP contribution >= 0.6 is 0 Å². The first-order chi connectivity index (χ1) is 7.79. The minimum atomic E-state index is -0.439. The number of hydrogen-bond acceptors (Lipinski definition) is 4. The number of aryl methyl sites for hydroxylation is 1. The maximum atomic E-state index is 11.0. The molecule has 0 spiro atoms. The van der Waals surface area contributed by atoms with Crippen molar-refractivity contribution in [2.75, 3.05) is 5.73 Å². The molecule has 0 aliphatic heterocycles. The summed E-state index contributed by atoms with van der Waals surface area (Å²) in [7, 11) is 0. The van der Waals surface area contributed by atoms with Gasteiger partial charge in [-0.1, -0.05) is 34.1 Å². The van der Waals surface area contributed by atoms with Crippen molar-refractivity contribution in [1.29, 1.82) is 0 Å². The molecule has 0 radical (unpaired) electrons. The predicted octanol–water partition coefficient (Wildman–Crippen LogP) is 2.47. The smallest absolute Gasteiger partial charge is 0.334 e. The lowest BCUT2D eigenvalue weighted by Gasteiger charge is -2.13. The Kier molecular flexibility index (Phi) is 3.75. The molecule has 96 valence electrons. The third-order valence-corrected chi connectivity index (χ3v) is 2.58. The molecule has 0 saturated heterocycles. The lowest BCUT2D eigenvalue weighted by Crippen LogP contribution is -2.14. The van der Waals surface area contributed by atoms with E-state index in [9.17, 15) is 10.1 Å². The van der Waals surface area contributed by atoms with Gasteiger partial charge in [-0.2, -0.15) is 5.10 Å². The second kappa shape index (κ2) is 4.73. The molecule has 0 atom stereocenters. The zero-order chi connectivity index (χ0) is 13.2. The van der Waals surface area contributed by atoms with Crippen molar-refractivity contribution in [3.05, 3.63) is 15.8 Å². The van der Waals surface area contributed by atoms with Gasteiger partial charge in [0, 0.05) is 12.0 Å². The van der Waals surface area contributed by atoms with Gasteiger partial charge in [-0.15, -0.1) is 0 Å². The summed E-state index contributed by atoms with van der Waals surface area (Å²) in [5, 5.41) is 15.3. The van der Waals surface area contributed by atoms with E-state index in [0.29, 0.717) is 12.2 Å². The van der Waals surface area contributed by atoms with Gasteiger partial charge in [-0.25, -0.2) is 4.68 Å². The van der Waals surface area contributed by atoms with Crippen LogP contribution in [-0.2, 0) is 12.0 Å². The quantitative estimate of drug-likeness (QED) is 0.647. The Morgan fingerprint density at radius 3 is 2.41 bits per heavy atom. The zero-order valence-corrected chi connectivity index (χ0v) is 10.9. The molecule has 0 saturated carbocycles. The highest BCUT2D eigenvalue weighted by Gasteiger charge is 2.33. The molecule has 1 rings (SSSR count). The molecule has 6 heteroatoms. The van der Waals surface area contributed by atoms with Crippen LogP contribution in [0.4, 0.5) is 11.5 Å². The maximum absolute atomic E-state index is 11.0. The average Bonchev–Trinajstić information content (AvgIpc) is 2.52. The Hall–Kier alpha value is -1.59. The summed E-state index contributed by atoms with van der Waals surface area (Å²) in [6.45, 7) is 8.36. The first kappa shape index (κ1) is 13.5. The Bertz CT molecular complexity index is 418. The van der Waals surface area contributed by atoms with Crippen molar-refractivity contribution < 1.29 is 4.92 Å². The second-order valence-electron chi connectivity index (χ2n) is 5.17. The van der Waals surface area contributed by atoms with Gasteiger partial charge in [-0.05, 0) is 6.42 Å². The number of nitro groups is 1. The van der Waals surface area contributed by atoms with Gasteiger partial charge in [0.2, 0.25) is 5.82 Å². The molecule has 0 aromatic carbocycles. The van der Waals surface area contributed by atoms with Crippen molar-refractivity contribution in [2.45, 2.75) is 52.5 Å². The van der Waals surface area contributed by atoms with Gasteiger partial charge in [0.25, 0.3) is 0 Å². The van der Waals surface area contributed by atoms with Crippen LogP contribution in [0.3, 0.4) is 0 Å². The number of unbranched alkanes of at least 4 members (excludes halogenated alkanes) is 1. The molecule has 17 heavy (non-hydrogen) atoms. The molecule has 1 heterocycles. The number of rotatable bonds is 4. The third-order valence-electron chi connectivity index (χ3n) is 2.58. The van der Waals surface area contributed by atoms with Gasteiger partial charge in [0.15, 0.2) is 0 Å². The topological polar surface area (TPSA) is 87.0 Å². The third kappa shape index (κ3) is 2.75. The molecule has 0 aliphatic carbocycles. The highest BCUT2D eigenvalue weighted by Crippen LogP contribution is 2.34. The summed E-state index contributed by atoms with van der Waals surface area (Å²) >= 11 is 0. The van der Waals surface area contributed by atoms with Gasteiger partial charge in [0.1, 0.15) is 5.69 Å². The summed E-state index contributed by atoms with van der Waals surface area (Å²) in [5.74, 6) is 0.161. The molecular formula is C11H20N4O2. The van der Waals surface area contributed by atoms with E-state index in [2.05, 4.69) is 12.0 Å². The summed E-state index contributed by atoms with van der Waals surface area (Å²) in [4.78, 5) is 10.6. The van der Waals surface area contributed by atoms with E-state index in [1.807, 2.05) is 20.8 Å². The molecule has 0 amide bonds. The molecule has 0 aliphatic rings. The van der Waals surface area contributed by atoms with Crippen LogP contribution < -0.4 is 5.73 Å². The van der Waals surface area contributed by atoms with Crippen LogP contribution in [-0.4, -0.2) is 14.7 Å². The summed E-state index contributed by atoms with van der Waals surface area (Å²) in [5.41, 5.74) is 5.83. The number of nitrogen functional groups attached to an aromatic ring is 1. The highest BCUT2D eigenvalue weighted by molar-refractivity contribution is 5.58. The number of nitrogens with zero attached hydrogens (tertiary/aromatic N) is 3. The minimum absolute atomic E-state index is 0.0476. The van der Waals surface area contributed by atoms with Gasteiger partial charge >= 0.3 is 5.69 Å². The summed E-state index contributed by atoms with van der Waals surface area (Å²) in [6.07, 6.45) is 1.91. The largest absolute Gasteiger partial charge is 0.378 e. The van der Waals surface area contributed by atoms with Crippen LogP contribution in [0, 0.1) is 10.1 Å². The lowest BCUT2D eigenvalue weighted by atomic mass is 9.91. The zero-order valence-electron chi connectivity index (χ0n) is 10.9. The van der Waals surface area contributed by atoms with Crippen LogP contribution in [0.2, 0.25) is 0 Å². The van der Waals surface area contributed by atoms with Crippen molar-refractivity contribution in [3.63, 3.8) is 0 Å². The Balaban J connectivity index is 3.25. The molecule has 2 N–H and O–H groups in total. The van der Waals surface area contributed by atoms with Gasteiger partial charge < -0.3 is 5.73 Å². The highest BCUT2D eigenvalue weighted by atomic mass is 16.6. The molecule has 0 unspecified atom stereocenters. The minimum Gasteiger partial charge on any atom is -0.378 e. The molecule has 0 fully saturated rings. The molecule has 0 bridgehead atoms. The molecular weight excluding hydrogens is 220 g/mol. The normalized spacial score (nSPS) is 11.8. The molecule has 6 nitrogen and oxygen atoms in total. The van der Waals surface area contributed by atoms with E-state index in [1.54, 1.807) is 4.68 Å². The number of aromatic nitrogens is 2. The maximum Gasteiger partial charge on any atom is 0.334 e. The van der Waals surface area contributed by atoms with E-state index in [0.717, 1.165) is 12.8 Å². The van der Waals surface area contributed by atoms with Crippen molar-refractivity contribution in [2.24, 2.45) is 0 Å². The Morgan fingerprint density at radius 1 is 1.47 bits per heavy atom. The fourth-order valence-corrected chi connectivity index (χ4v) is 1.63.